The number of esters is 1. The molecule has 0 bridgehead atoms. The molecule has 0 heterocycles. The number of ether oxygens (including phenoxy) is 1. The first-order valence-corrected chi connectivity index (χ1v) is 14.3. The van der Waals surface area contributed by atoms with Crippen LogP contribution in [0.5, 0.6) is 0 Å². The van der Waals surface area contributed by atoms with Crippen LogP contribution in [0.25, 0.3) is 0 Å². The van der Waals surface area contributed by atoms with Gasteiger partial charge in [0.15, 0.2) is 0 Å². The fraction of sp³-hybridized carbons (Fsp3) is 0.800. The first-order chi connectivity index (χ1) is 16.6. The molecular formula is C30H54O4. The van der Waals surface area contributed by atoms with Gasteiger partial charge in [0, 0.05) is 0 Å². The van der Waals surface area contributed by atoms with Crippen molar-refractivity contribution < 1.29 is 19.4 Å². The Morgan fingerprint density at radius 3 is 1.62 bits per heavy atom. The van der Waals surface area contributed by atoms with Gasteiger partial charge in [0.2, 0.25) is 0 Å². The maximum Gasteiger partial charge on any atom is 0.309 e. The van der Waals surface area contributed by atoms with Crippen LogP contribution in [0.2, 0.25) is 0 Å². The second-order valence-corrected chi connectivity index (χ2v) is 9.71. The summed E-state index contributed by atoms with van der Waals surface area (Å²) in [4.78, 5) is 22.9. The van der Waals surface area contributed by atoms with Crippen LogP contribution >= 0.6 is 0 Å². The molecule has 0 aromatic heterocycles. The predicted octanol–water partition coefficient (Wildman–Crippen LogP) is 9.18. The first-order valence-electron chi connectivity index (χ1n) is 14.3. The number of rotatable bonds is 26. The maximum atomic E-state index is 11.9. The minimum Gasteiger partial charge on any atom is -0.481 e. The van der Waals surface area contributed by atoms with Crippen molar-refractivity contribution in [2.45, 2.75) is 142 Å². The maximum absolute atomic E-state index is 11.9. The second-order valence-electron chi connectivity index (χ2n) is 9.71. The molecule has 0 aliphatic carbocycles. The van der Waals surface area contributed by atoms with Crippen molar-refractivity contribution in [3.05, 3.63) is 24.8 Å². The van der Waals surface area contributed by atoms with Crippen LogP contribution in [0.3, 0.4) is 0 Å². The highest BCUT2D eigenvalue weighted by molar-refractivity contribution is 5.79. The molecule has 0 rings (SSSR count). The number of carboxylic acids is 1. The molecule has 0 saturated heterocycles. The van der Waals surface area contributed by atoms with Gasteiger partial charge in [-0.05, 0) is 32.1 Å². The summed E-state index contributed by atoms with van der Waals surface area (Å²) in [5, 5.41) is 8.99. The lowest BCUT2D eigenvalue weighted by Crippen LogP contribution is -2.21. The molecular weight excluding hydrogens is 424 g/mol. The van der Waals surface area contributed by atoms with Gasteiger partial charge in [-0.1, -0.05) is 128 Å². The van der Waals surface area contributed by atoms with Crippen LogP contribution in [0.4, 0.5) is 0 Å². The Labute approximate surface area is 210 Å². The summed E-state index contributed by atoms with van der Waals surface area (Å²) in [7, 11) is 0. The van der Waals surface area contributed by atoms with E-state index in [-0.39, 0.29) is 13.0 Å². The Kier molecular flexibility index (Phi) is 24.8. The van der Waals surface area contributed by atoms with Crippen LogP contribution in [0, 0.1) is 5.92 Å². The van der Waals surface area contributed by atoms with Gasteiger partial charge in [0.25, 0.3) is 0 Å². The molecule has 1 atom stereocenters. The minimum absolute atomic E-state index is 0.133. The van der Waals surface area contributed by atoms with Crippen LogP contribution in [-0.4, -0.2) is 23.7 Å². The molecule has 0 radical (unpaired) electrons. The highest BCUT2D eigenvalue weighted by Gasteiger charge is 2.22. The predicted molar refractivity (Wildman–Crippen MR) is 144 cm³/mol. The summed E-state index contributed by atoms with van der Waals surface area (Å²) in [5.41, 5.74) is 0. The summed E-state index contributed by atoms with van der Waals surface area (Å²) < 4.78 is 5.01. The molecule has 1 unspecified atom stereocenters. The van der Waals surface area contributed by atoms with Gasteiger partial charge in [-0.25, -0.2) is 0 Å². The van der Waals surface area contributed by atoms with Gasteiger partial charge in [0.05, 0.1) is 12.3 Å². The van der Waals surface area contributed by atoms with E-state index in [0.29, 0.717) is 6.42 Å². The Morgan fingerprint density at radius 1 is 0.735 bits per heavy atom. The van der Waals surface area contributed by atoms with Gasteiger partial charge in [-0.3, -0.25) is 9.59 Å². The molecule has 198 valence electrons. The zero-order valence-electron chi connectivity index (χ0n) is 22.2. The van der Waals surface area contributed by atoms with Crippen molar-refractivity contribution in [1.29, 1.82) is 0 Å². The van der Waals surface area contributed by atoms with Crippen molar-refractivity contribution >= 4 is 11.9 Å². The number of carbonyl (C=O) groups is 2. The lowest BCUT2D eigenvalue weighted by atomic mass is 9.98. The van der Waals surface area contributed by atoms with E-state index in [2.05, 4.69) is 25.7 Å². The Balaban J connectivity index is 3.46. The first kappa shape index (κ1) is 32.4. The molecule has 0 saturated carbocycles. The Bertz CT molecular complexity index is 512. The number of carbonyl (C=O) groups excluding carboxylic acids is 1. The zero-order chi connectivity index (χ0) is 25.1. The standard InChI is InChI=1S/C30H54O4/c1-3-5-6-7-8-9-10-11-12-13-14-15-16-17-18-19-20-21-22-23-24-25-28(27-29(31)32)30(33)34-26-4-2/h4,21-22,28H,2-3,5-20,23-27H2,1H3,(H,31,32)/b22-21+. The molecule has 0 spiro atoms. The minimum atomic E-state index is -0.959. The number of carboxylic acid groups (broad SMARTS) is 1. The van der Waals surface area contributed by atoms with E-state index in [0.717, 1.165) is 19.3 Å². The number of unbranched alkanes of at least 4 members (excludes halogenated alkanes) is 17. The molecule has 0 aromatic rings. The van der Waals surface area contributed by atoms with Crippen molar-refractivity contribution in [2.24, 2.45) is 5.92 Å². The molecule has 0 aliphatic heterocycles. The summed E-state index contributed by atoms with van der Waals surface area (Å²) in [6.45, 7) is 5.92. The van der Waals surface area contributed by atoms with Crippen molar-refractivity contribution in [3.63, 3.8) is 0 Å². The van der Waals surface area contributed by atoms with Gasteiger partial charge in [-0.2, -0.15) is 0 Å². The second kappa shape index (κ2) is 26.0. The van der Waals surface area contributed by atoms with E-state index >= 15 is 0 Å². The number of hydrogen-bond donors (Lipinski definition) is 1. The van der Waals surface area contributed by atoms with E-state index in [4.69, 9.17) is 9.84 Å². The summed E-state index contributed by atoms with van der Waals surface area (Å²) in [6, 6.07) is 0. The SMILES string of the molecule is C=CCOC(=O)C(CCC/C=C/CCCCCCCCCCCCCCCCCC)CC(=O)O. The van der Waals surface area contributed by atoms with Gasteiger partial charge < -0.3 is 9.84 Å². The fourth-order valence-corrected chi connectivity index (χ4v) is 4.30. The van der Waals surface area contributed by atoms with Gasteiger partial charge in [-0.15, -0.1) is 0 Å². The number of allylic oxidation sites excluding steroid dienone is 2. The largest absolute Gasteiger partial charge is 0.481 e. The Hall–Kier alpha value is -1.58. The normalized spacial score (nSPS) is 12.1. The average molecular weight is 479 g/mol. The lowest BCUT2D eigenvalue weighted by molar-refractivity contribution is -0.152. The van der Waals surface area contributed by atoms with E-state index in [1.807, 2.05) is 0 Å². The zero-order valence-corrected chi connectivity index (χ0v) is 22.2. The Morgan fingerprint density at radius 2 is 1.18 bits per heavy atom. The smallest absolute Gasteiger partial charge is 0.309 e. The summed E-state index contributed by atoms with van der Waals surface area (Å²) in [6.07, 6.45) is 31.3. The van der Waals surface area contributed by atoms with Gasteiger partial charge >= 0.3 is 11.9 Å². The van der Waals surface area contributed by atoms with E-state index < -0.39 is 17.9 Å². The van der Waals surface area contributed by atoms with E-state index in [1.54, 1.807) is 0 Å². The average Bonchev–Trinajstić information content (AvgIpc) is 2.82. The topological polar surface area (TPSA) is 63.6 Å². The quantitative estimate of drug-likeness (QED) is 0.0764. The highest BCUT2D eigenvalue weighted by atomic mass is 16.5. The van der Waals surface area contributed by atoms with Crippen molar-refractivity contribution in [1.82, 2.24) is 0 Å². The van der Waals surface area contributed by atoms with Crippen molar-refractivity contribution in [2.75, 3.05) is 6.61 Å². The fourth-order valence-electron chi connectivity index (χ4n) is 4.30. The molecule has 4 nitrogen and oxygen atoms in total. The van der Waals surface area contributed by atoms with E-state index in [9.17, 15) is 9.59 Å². The molecule has 0 aromatic carbocycles. The van der Waals surface area contributed by atoms with Crippen LogP contribution < -0.4 is 0 Å². The summed E-state index contributed by atoms with van der Waals surface area (Å²) >= 11 is 0. The van der Waals surface area contributed by atoms with Crippen LogP contribution in [-0.2, 0) is 14.3 Å². The molecule has 0 amide bonds. The third-order valence-corrected chi connectivity index (χ3v) is 6.41. The molecule has 0 fully saturated rings. The van der Waals surface area contributed by atoms with Crippen LogP contribution in [0.15, 0.2) is 24.8 Å². The monoisotopic (exact) mass is 478 g/mol. The lowest BCUT2D eigenvalue weighted by Gasteiger charge is -2.12. The summed E-state index contributed by atoms with van der Waals surface area (Å²) in [5.74, 6) is -1.95. The molecule has 0 aliphatic rings. The molecule has 4 heteroatoms. The van der Waals surface area contributed by atoms with Gasteiger partial charge in [0.1, 0.15) is 6.61 Å². The van der Waals surface area contributed by atoms with E-state index in [1.165, 1.54) is 109 Å². The third kappa shape index (κ3) is 23.6. The highest BCUT2D eigenvalue weighted by Crippen LogP contribution is 2.16. The molecule has 34 heavy (non-hydrogen) atoms. The number of aliphatic carboxylic acids is 1. The molecule has 1 N–H and O–H groups in total. The van der Waals surface area contributed by atoms with Crippen molar-refractivity contribution in [3.8, 4) is 0 Å². The third-order valence-electron chi connectivity index (χ3n) is 6.41. The number of hydrogen-bond acceptors (Lipinski definition) is 3. The van der Waals surface area contributed by atoms with Crippen LogP contribution in [0.1, 0.15) is 142 Å².